The van der Waals surface area contributed by atoms with Crippen molar-refractivity contribution in [1.82, 2.24) is 0 Å². The molecule has 0 amide bonds. The van der Waals surface area contributed by atoms with Crippen molar-refractivity contribution < 1.29 is 0 Å². The van der Waals surface area contributed by atoms with Crippen LogP contribution in [0, 0.1) is 0 Å². The molecule has 0 aliphatic carbocycles. The molecule has 0 spiro atoms. The second kappa shape index (κ2) is 3.74. The first-order chi connectivity index (χ1) is 5.25. The van der Waals surface area contributed by atoms with E-state index in [2.05, 4.69) is 11.2 Å². The van der Waals surface area contributed by atoms with Crippen LogP contribution in [0.1, 0.15) is 6.92 Å². The van der Waals surface area contributed by atoms with Crippen LogP contribution < -0.4 is 0 Å². The zero-order valence-corrected chi connectivity index (χ0v) is 7.45. The van der Waals surface area contributed by atoms with Crippen LogP contribution in [-0.2, 0) is 0 Å². The van der Waals surface area contributed by atoms with E-state index in [0.29, 0.717) is 15.7 Å². The van der Waals surface area contributed by atoms with Crippen molar-refractivity contribution in [3.63, 3.8) is 0 Å². The first-order valence-electron chi connectivity index (χ1n) is 3.07. The van der Waals surface area contributed by atoms with E-state index in [-0.39, 0.29) is 0 Å². The van der Waals surface area contributed by atoms with Gasteiger partial charge in [-0.1, -0.05) is 29.3 Å². The molecule has 0 aromatic heterocycles. The van der Waals surface area contributed by atoms with Gasteiger partial charge in [0.05, 0.1) is 16.3 Å². The van der Waals surface area contributed by atoms with Crippen LogP contribution in [0.15, 0.2) is 23.2 Å². The lowest BCUT2D eigenvalue weighted by Gasteiger charge is -1.98. The number of benzene rings is 1. The molecule has 0 saturated heterocycles. The zero-order valence-electron chi connectivity index (χ0n) is 5.94. The number of hydrogen-bond acceptors (Lipinski definition) is 1. The van der Waals surface area contributed by atoms with E-state index in [1.807, 2.05) is 0 Å². The number of aliphatic imine (C=N–C) groups is 1. The lowest BCUT2D eigenvalue weighted by Crippen LogP contribution is -1.70. The predicted molar refractivity (Wildman–Crippen MR) is 49.2 cm³/mol. The standard InChI is InChI=1S/C8H6Cl2N/c1-2-11-8-6(9)4-3-5-7(8)10/h3-5H,1H3. The van der Waals surface area contributed by atoms with Crippen LogP contribution >= 0.6 is 23.2 Å². The number of halogens is 2. The molecule has 0 unspecified atom stereocenters. The summed E-state index contributed by atoms with van der Waals surface area (Å²) < 4.78 is 0. The fourth-order valence-electron chi connectivity index (χ4n) is 0.708. The van der Waals surface area contributed by atoms with Crippen LogP contribution in [0.3, 0.4) is 0 Å². The highest BCUT2D eigenvalue weighted by atomic mass is 35.5. The van der Waals surface area contributed by atoms with Crippen LogP contribution in [0.4, 0.5) is 5.69 Å². The molecule has 1 aromatic rings. The van der Waals surface area contributed by atoms with E-state index in [4.69, 9.17) is 23.2 Å². The van der Waals surface area contributed by atoms with E-state index in [1.54, 1.807) is 25.1 Å². The second-order valence-corrected chi connectivity index (χ2v) is 2.72. The highest BCUT2D eigenvalue weighted by Crippen LogP contribution is 2.31. The molecule has 3 heteroatoms. The Kier molecular flexibility index (Phi) is 2.92. The fraction of sp³-hybridized carbons (Fsp3) is 0.125. The summed E-state index contributed by atoms with van der Waals surface area (Å²) in [6, 6.07) is 5.26. The Hall–Kier alpha value is -0.530. The van der Waals surface area contributed by atoms with Gasteiger partial charge in [-0.25, -0.2) is 4.99 Å². The first kappa shape index (κ1) is 8.57. The van der Waals surface area contributed by atoms with Crippen molar-refractivity contribution in [3.8, 4) is 0 Å². The average molecular weight is 187 g/mol. The van der Waals surface area contributed by atoms with E-state index in [9.17, 15) is 0 Å². The van der Waals surface area contributed by atoms with Crippen LogP contribution in [0.5, 0.6) is 0 Å². The van der Waals surface area contributed by atoms with Crippen molar-refractivity contribution in [2.45, 2.75) is 6.92 Å². The molecule has 1 radical (unpaired) electrons. The lowest BCUT2D eigenvalue weighted by atomic mass is 10.3. The van der Waals surface area contributed by atoms with Gasteiger partial charge in [-0.05, 0) is 19.1 Å². The summed E-state index contributed by atoms with van der Waals surface area (Å²) >= 11 is 11.6. The molecule has 0 aliphatic heterocycles. The molecule has 0 bridgehead atoms. The Morgan fingerprint density at radius 2 is 1.82 bits per heavy atom. The van der Waals surface area contributed by atoms with Crippen LogP contribution in [0.25, 0.3) is 0 Å². The molecule has 0 fully saturated rings. The van der Waals surface area contributed by atoms with Crippen molar-refractivity contribution >= 4 is 35.1 Å². The number of nitrogens with zero attached hydrogens (tertiary/aromatic N) is 1. The van der Waals surface area contributed by atoms with Gasteiger partial charge < -0.3 is 0 Å². The molecular weight excluding hydrogens is 181 g/mol. The number of para-hydroxylation sites is 1. The van der Waals surface area contributed by atoms with E-state index < -0.39 is 0 Å². The van der Waals surface area contributed by atoms with Crippen molar-refractivity contribution in [2.24, 2.45) is 4.99 Å². The molecule has 0 heterocycles. The number of rotatable bonds is 1. The van der Waals surface area contributed by atoms with E-state index in [0.717, 1.165) is 0 Å². The molecule has 0 saturated carbocycles. The maximum atomic E-state index is 5.79. The van der Waals surface area contributed by atoms with Gasteiger partial charge in [0.25, 0.3) is 0 Å². The summed E-state index contributed by atoms with van der Waals surface area (Å²) in [5, 5.41) is 1.10. The minimum atomic E-state index is 0.548. The molecule has 1 nitrogen and oxygen atoms in total. The highest BCUT2D eigenvalue weighted by Gasteiger charge is 2.00. The van der Waals surface area contributed by atoms with Crippen molar-refractivity contribution in [3.05, 3.63) is 28.2 Å². The molecule has 11 heavy (non-hydrogen) atoms. The van der Waals surface area contributed by atoms with Crippen molar-refractivity contribution in [2.75, 3.05) is 0 Å². The van der Waals surface area contributed by atoms with Gasteiger partial charge in [-0.2, -0.15) is 0 Å². The Morgan fingerprint density at radius 3 is 2.27 bits per heavy atom. The normalized spacial score (nSPS) is 10.8. The van der Waals surface area contributed by atoms with Crippen molar-refractivity contribution in [1.29, 1.82) is 0 Å². The first-order valence-corrected chi connectivity index (χ1v) is 3.83. The van der Waals surface area contributed by atoms with Gasteiger partial charge >= 0.3 is 0 Å². The maximum Gasteiger partial charge on any atom is 0.101 e. The number of hydrogen-bond donors (Lipinski definition) is 0. The van der Waals surface area contributed by atoms with Gasteiger partial charge in [0, 0.05) is 0 Å². The topological polar surface area (TPSA) is 12.4 Å². The maximum absolute atomic E-state index is 5.79. The fourth-order valence-corrected chi connectivity index (χ4v) is 1.19. The minimum Gasteiger partial charge on any atom is -0.249 e. The third kappa shape index (κ3) is 1.95. The summed E-state index contributed by atoms with van der Waals surface area (Å²) in [5.74, 6) is 0. The summed E-state index contributed by atoms with van der Waals surface area (Å²) in [5.41, 5.74) is 0.582. The molecule has 57 valence electrons. The van der Waals surface area contributed by atoms with Crippen LogP contribution in [-0.4, -0.2) is 6.21 Å². The van der Waals surface area contributed by atoms with Gasteiger partial charge in [0.2, 0.25) is 0 Å². The second-order valence-electron chi connectivity index (χ2n) is 1.91. The Labute approximate surface area is 75.7 Å². The van der Waals surface area contributed by atoms with Gasteiger partial charge in [-0.15, -0.1) is 0 Å². The molecular formula is C8H6Cl2N. The third-order valence-electron chi connectivity index (χ3n) is 1.16. The highest BCUT2D eigenvalue weighted by molar-refractivity contribution is 6.38. The van der Waals surface area contributed by atoms with Gasteiger partial charge in [0.1, 0.15) is 5.69 Å². The van der Waals surface area contributed by atoms with Gasteiger partial charge in [0.15, 0.2) is 0 Å². The summed E-state index contributed by atoms with van der Waals surface area (Å²) in [4.78, 5) is 3.89. The molecule has 0 aliphatic rings. The quantitative estimate of drug-likeness (QED) is 0.595. The summed E-state index contributed by atoms with van der Waals surface area (Å²) in [6.45, 7) is 1.69. The zero-order chi connectivity index (χ0) is 8.27. The lowest BCUT2D eigenvalue weighted by molar-refractivity contribution is 1.53. The smallest absolute Gasteiger partial charge is 0.101 e. The molecule has 1 aromatic carbocycles. The largest absolute Gasteiger partial charge is 0.249 e. The Morgan fingerprint density at radius 1 is 1.27 bits per heavy atom. The van der Waals surface area contributed by atoms with Gasteiger partial charge in [-0.3, -0.25) is 0 Å². The summed E-state index contributed by atoms with van der Waals surface area (Å²) in [7, 11) is 0. The molecule has 1 rings (SSSR count). The Bertz CT molecular complexity index is 261. The predicted octanol–water partition coefficient (Wildman–Crippen LogP) is 3.59. The minimum absolute atomic E-state index is 0.548. The van der Waals surface area contributed by atoms with E-state index >= 15 is 0 Å². The molecule has 0 N–H and O–H groups in total. The Balaban J connectivity index is 3.20. The third-order valence-corrected chi connectivity index (χ3v) is 1.77. The van der Waals surface area contributed by atoms with Crippen LogP contribution in [0.2, 0.25) is 10.0 Å². The monoisotopic (exact) mass is 186 g/mol. The SMILES string of the molecule is C[C]=Nc1c(Cl)cccc1Cl. The molecule has 0 atom stereocenters. The summed E-state index contributed by atoms with van der Waals surface area (Å²) in [6.07, 6.45) is 2.62. The van der Waals surface area contributed by atoms with E-state index in [1.165, 1.54) is 0 Å². The average Bonchev–Trinajstić information content (AvgIpc) is 1.97.